The molecule has 2 aliphatic rings. The van der Waals surface area contributed by atoms with Crippen molar-refractivity contribution >= 4 is 17.3 Å². The summed E-state index contributed by atoms with van der Waals surface area (Å²) in [6.07, 6.45) is 1.06. The summed E-state index contributed by atoms with van der Waals surface area (Å²) in [5.41, 5.74) is 7.29. The van der Waals surface area contributed by atoms with Crippen LogP contribution in [0.5, 0.6) is 0 Å². The Morgan fingerprint density at radius 3 is 2.65 bits per heavy atom. The summed E-state index contributed by atoms with van der Waals surface area (Å²) in [4.78, 5) is 4.91. The van der Waals surface area contributed by atoms with E-state index >= 15 is 0 Å². The molecule has 20 heavy (non-hydrogen) atoms. The van der Waals surface area contributed by atoms with Crippen LogP contribution in [0.2, 0.25) is 5.02 Å². The third kappa shape index (κ3) is 2.66. The first-order chi connectivity index (χ1) is 9.73. The lowest BCUT2D eigenvalue weighted by atomic mass is 9.95. The Labute approximate surface area is 125 Å². The average molecular weight is 296 g/mol. The largest absolute Gasteiger partial charge is 0.379 e. The van der Waals surface area contributed by atoms with Crippen molar-refractivity contribution in [3.8, 4) is 0 Å². The molecule has 2 N–H and O–H groups in total. The Hall–Kier alpha value is -0.810. The van der Waals surface area contributed by atoms with Gasteiger partial charge in [0.15, 0.2) is 0 Å². The Balaban J connectivity index is 1.65. The Morgan fingerprint density at radius 1 is 1.25 bits per heavy atom. The minimum Gasteiger partial charge on any atom is -0.379 e. The molecule has 0 amide bonds. The zero-order chi connectivity index (χ0) is 14.0. The van der Waals surface area contributed by atoms with Gasteiger partial charge < -0.3 is 15.4 Å². The monoisotopic (exact) mass is 295 g/mol. The fourth-order valence-corrected chi connectivity index (χ4v) is 3.43. The maximum atomic E-state index is 6.07. The third-order valence-electron chi connectivity index (χ3n) is 4.59. The van der Waals surface area contributed by atoms with Gasteiger partial charge in [-0.2, -0.15) is 0 Å². The van der Waals surface area contributed by atoms with Crippen LogP contribution in [0.15, 0.2) is 24.3 Å². The summed E-state index contributed by atoms with van der Waals surface area (Å²) in [5, 5.41) is 0.799. The molecule has 110 valence electrons. The molecule has 2 fully saturated rings. The number of nitrogens with zero attached hydrogens (tertiary/aromatic N) is 2. The number of hydrogen-bond acceptors (Lipinski definition) is 4. The van der Waals surface area contributed by atoms with E-state index in [2.05, 4.69) is 15.9 Å². The molecule has 0 spiro atoms. The van der Waals surface area contributed by atoms with Crippen LogP contribution in [0.25, 0.3) is 0 Å². The zero-order valence-electron chi connectivity index (χ0n) is 11.7. The maximum absolute atomic E-state index is 6.07. The average Bonchev–Trinajstić information content (AvgIpc) is 2.98. The van der Waals surface area contributed by atoms with Crippen molar-refractivity contribution in [3.63, 3.8) is 0 Å². The van der Waals surface area contributed by atoms with Crippen LogP contribution in [0.3, 0.4) is 0 Å². The van der Waals surface area contributed by atoms with Crippen LogP contribution in [-0.4, -0.2) is 56.4 Å². The lowest BCUT2D eigenvalue weighted by Crippen LogP contribution is -2.60. The van der Waals surface area contributed by atoms with Crippen molar-refractivity contribution in [2.24, 2.45) is 5.73 Å². The molecule has 1 unspecified atom stereocenters. The van der Waals surface area contributed by atoms with E-state index in [-0.39, 0.29) is 5.54 Å². The van der Waals surface area contributed by atoms with Gasteiger partial charge in [0.1, 0.15) is 0 Å². The number of hydrogen-bond donors (Lipinski definition) is 1. The summed E-state index contributed by atoms with van der Waals surface area (Å²) < 4.78 is 5.58. The normalized spacial score (nSPS) is 28.0. The van der Waals surface area contributed by atoms with E-state index in [1.807, 2.05) is 18.2 Å². The number of halogens is 1. The van der Waals surface area contributed by atoms with Gasteiger partial charge in [0.25, 0.3) is 0 Å². The van der Waals surface area contributed by atoms with Crippen molar-refractivity contribution in [1.82, 2.24) is 4.90 Å². The van der Waals surface area contributed by atoms with E-state index in [4.69, 9.17) is 22.1 Å². The highest BCUT2D eigenvalue weighted by Gasteiger charge is 2.40. The number of rotatable bonds is 3. The minimum atomic E-state index is 0.0699. The first kappa shape index (κ1) is 14.1. The van der Waals surface area contributed by atoms with Crippen LogP contribution in [-0.2, 0) is 4.74 Å². The fourth-order valence-electron chi connectivity index (χ4n) is 3.25. The molecule has 1 aromatic rings. The first-order valence-corrected chi connectivity index (χ1v) is 7.65. The van der Waals surface area contributed by atoms with Crippen LogP contribution in [0.1, 0.15) is 6.42 Å². The number of benzene rings is 1. The van der Waals surface area contributed by atoms with Crippen LogP contribution < -0.4 is 10.6 Å². The molecule has 2 aliphatic heterocycles. The topological polar surface area (TPSA) is 41.7 Å². The number of nitrogens with two attached hydrogens (primary N) is 1. The summed E-state index contributed by atoms with van der Waals surface area (Å²) in [7, 11) is 0. The van der Waals surface area contributed by atoms with Gasteiger partial charge >= 0.3 is 0 Å². The van der Waals surface area contributed by atoms with Crippen LogP contribution in [0.4, 0.5) is 5.69 Å². The molecule has 0 saturated carbocycles. The van der Waals surface area contributed by atoms with E-state index < -0.39 is 0 Å². The highest BCUT2D eigenvalue weighted by molar-refractivity contribution is 6.30. The second-order valence-corrected chi connectivity index (χ2v) is 6.12. The quantitative estimate of drug-likeness (QED) is 0.919. The third-order valence-corrected chi connectivity index (χ3v) is 4.82. The summed E-state index contributed by atoms with van der Waals surface area (Å²) in [5.74, 6) is 0. The molecule has 2 saturated heterocycles. The highest BCUT2D eigenvalue weighted by atomic mass is 35.5. The molecular weight excluding hydrogens is 274 g/mol. The van der Waals surface area contributed by atoms with E-state index in [1.165, 1.54) is 5.69 Å². The molecule has 3 rings (SSSR count). The van der Waals surface area contributed by atoms with Gasteiger partial charge in [-0.3, -0.25) is 4.90 Å². The number of ether oxygens (including phenoxy) is 1. The second-order valence-electron chi connectivity index (χ2n) is 5.69. The smallest absolute Gasteiger partial charge is 0.0663 e. The molecule has 0 aliphatic carbocycles. The first-order valence-electron chi connectivity index (χ1n) is 7.27. The lowest BCUT2D eigenvalue weighted by molar-refractivity contribution is 0.0670. The van der Waals surface area contributed by atoms with Crippen LogP contribution in [0, 0.1) is 0 Å². The van der Waals surface area contributed by atoms with E-state index in [1.54, 1.807) is 0 Å². The Bertz CT molecular complexity index is 454. The standard InChI is InChI=1S/C15H22ClN3O/c16-13-2-1-3-14(10-13)18-5-7-19(8-6-18)15(11-17)4-9-20-12-15/h1-3,10H,4-9,11-12,17H2. The van der Waals surface area contributed by atoms with Crippen molar-refractivity contribution in [2.75, 3.05) is 50.8 Å². The number of anilines is 1. The van der Waals surface area contributed by atoms with Gasteiger partial charge in [-0.15, -0.1) is 0 Å². The molecule has 0 bridgehead atoms. The molecule has 0 radical (unpaired) electrons. The molecular formula is C15H22ClN3O. The van der Waals surface area contributed by atoms with Gasteiger partial charge in [0.2, 0.25) is 0 Å². The van der Waals surface area contributed by atoms with Crippen LogP contribution >= 0.6 is 11.6 Å². The summed E-state index contributed by atoms with van der Waals surface area (Å²) in [6.45, 7) is 6.40. The zero-order valence-corrected chi connectivity index (χ0v) is 12.5. The van der Waals surface area contributed by atoms with E-state index in [0.717, 1.165) is 50.8 Å². The second kappa shape index (κ2) is 5.90. The summed E-state index contributed by atoms with van der Waals surface area (Å²) in [6, 6.07) is 8.09. The molecule has 2 heterocycles. The highest BCUT2D eigenvalue weighted by Crippen LogP contribution is 2.28. The molecule has 1 aromatic carbocycles. The van der Waals surface area contributed by atoms with Crippen molar-refractivity contribution in [3.05, 3.63) is 29.3 Å². The molecule has 0 aromatic heterocycles. The minimum absolute atomic E-state index is 0.0699. The van der Waals surface area contributed by atoms with Gasteiger partial charge in [0, 0.05) is 50.0 Å². The van der Waals surface area contributed by atoms with Gasteiger partial charge in [-0.25, -0.2) is 0 Å². The Morgan fingerprint density at radius 2 is 2.05 bits per heavy atom. The molecule has 4 nitrogen and oxygen atoms in total. The fraction of sp³-hybridized carbons (Fsp3) is 0.600. The predicted molar refractivity (Wildman–Crippen MR) is 82.5 cm³/mol. The summed E-state index contributed by atoms with van der Waals surface area (Å²) >= 11 is 6.07. The van der Waals surface area contributed by atoms with Crippen molar-refractivity contribution in [2.45, 2.75) is 12.0 Å². The molecule has 1 atom stereocenters. The van der Waals surface area contributed by atoms with Gasteiger partial charge in [0.05, 0.1) is 12.1 Å². The van der Waals surface area contributed by atoms with Gasteiger partial charge in [-0.1, -0.05) is 17.7 Å². The SMILES string of the molecule is NCC1(N2CCN(c3cccc(Cl)c3)CC2)CCOC1. The van der Waals surface area contributed by atoms with E-state index in [9.17, 15) is 0 Å². The lowest BCUT2D eigenvalue weighted by Gasteiger charge is -2.45. The van der Waals surface area contributed by atoms with E-state index in [0.29, 0.717) is 6.54 Å². The molecule has 5 heteroatoms. The Kier molecular flexibility index (Phi) is 4.17. The predicted octanol–water partition coefficient (Wildman–Crippen LogP) is 1.58. The van der Waals surface area contributed by atoms with Gasteiger partial charge in [-0.05, 0) is 24.6 Å². The number of piperazine rings is 1. The maximum Gasteiger partial charge on any atom is 0.0663 e. The van der Waals surface area contributed by atoms with Crippen molar-refractivity contribution < 1.29 is 4.74 Å². The van der Waals surface area contributed by atoms with Crippen molar-refractivity contribution in [1.29, 1.82) is 0 Å².